The number of rotatable bonds is 5. The van der Waals surface area contributed by atoms with Gasteiger partial charge in [-0.25, -0.2) is 4.98 Å². The molecule has 1 N–H and O–H groups in total. The number of hydrogen-bond acceptors (Lipinski definition) is 5. The molecule has 0 spiro atoms. The number of carbonyl (C=O) groups excluding carboxylic acids is 2. The standard InChI is InChI=1S/C19H19N3O4/c23-17-5-4-14-8-13(9-20-19(14)21-17)3-6-18(24)22-10-16(11-22)26-12-15-2-1-7-25-15/h1-3,6-9,16H,4-5,10-12H2,(H,20,21,23)/b6-3+. The summed E-state index contributed by atoms with van der Waals surface area (Å²) in [6, 6.07) is 5.64. The zero-order chi connectivity index (χ0) is 17.9. The molecule has 0 bridgehead atoms. The number of nitrogens with zero attached hydrogens (tertiary/aromatic N) is 2. The second-order valence-electron chi connectivity index (χ2n) is 6.41. The number of anilines is 1. The number of carbonyl (C=O) groups is 2. The summed E-state index contributed by atoms with van der Waals surface area (Å²) < 4.78 is 10.9. The highest BCUT2D eigenvalue weighted by Gasteiger charge is 2.30. The molecule has 2 aliphatic heterocycles. The first kappa shape index (κ1) is 16.5. The van der Waals surface area contributed by atoms with Crippen LogP contribution in [0.3, 0.4) is 0 Å². The SMILES string of the molecule is O=C1CCc2cc(/C=C/C(=O)N3CC(OCc4ccco4)C3)cnc2N1. The van der Waals surface area contributed by atoms with Gasteiger partial charge in [-0.05, 0) is 41.8 Å². The van der Waals surface area contributed by atoms with Gasteiger partial charge in [0.1, 0.15) is 18.2 Å². The van der Waals surface area contributed by atoms with E-state index in [0.717, 1.165) is 16.9 Å². The third-order valence-electron chi connectivity index (χ3n) is 4.49. The number of pyridine rings is 1. The second-order valence-corrected chi connectivity index (χ2v) is 6.41. The molecular formula is C19H19N3O4. The van der Waals surface area contributed by atoms with Crippen LogP contribution in [0, 0.1) is 0 Å². The van der Waals surface area contributed by atoms with Gasteiger partial charge in [0.25, 0.3) is 0 Å². The van der Waals surface area contributed by atoms with Crippen molar-refractivity contribution in [3.63, 3.8) is 0 Å². The zero-order valence-corrected chi connectivity index (χ0v) is 14.2. The molecule has 4 rings (SSSR count). The van der Waals surface area contributed by atoms with Crippen LogP contribution in [-0.4, -0.2) is 40.9 Å². The molecule has 1 fully saturated rings. The molecule has 7 heteroatoms. The molecule has 134 valence electrons. The van der Waals surface area contributed by atoms with Crippen molar-refractivity contribution in [3.8, 4) is 0 Å². The molecule has 4 heterocycles. The Morgan fingerprint density at radius 2 is 2.31 bits per heavy atom. The first-order chi connectivity index (χ1) is 12.7. The van der Waals surface area contributed by atoms with Crippen molar-refractivity contribution in [1.29, 1.82) is 0 Å². The van der Waals surface area contributed by atoms with Gasteiger partial charge >= 0.3 is 0 Å². The van der Waals surface area contributed by atoms with E-state index >= 15 is 0 Å². The summed E-state index contributed by atoms with van der Waals surface area (Å²) in [6.45, 7) is 1.59. The molecule has 2 aromatic rings. The summed E-state index contributed by atoms with van der Waals surface area (Å²) in [4.78, 5) is 29.5. The van der Waals surface area contributed by atoms with Crippen LogP contribution >= 0.6 is 0 Å². The Bertz CT molecular complexity index is 838. The van der Waals surface area contributed by atoms with Gasteiger partial charge in [-0.3, -0.25) is 9.59 Å². The lowest BCUT2D eigenvalue weighted by atomic mass is 10.0. The predicted molar refractivity (Wildman–Crippen MR) is 94.1 cm³/mol. The van der Waals surface area contributed by atoms with Crippen LogP contribution in [0.5, 0.6) is 0 Å². The minimum atomic E-state index is -0.0473. The Morgan fingerprint density at radius 3 is 3.12 bits per heavy atom. The normalized spacial score (nSPS) is 17.1. The molecule has 0 saturated carbocycles. The molecule has 2 aromatic heterocycles. The lowest BCUT2D eigenvalue weighted by Crippen LogP contribution is -2.54. The minimum absolute atomic E-state index is 0.00919. The van der Waals surface area contributed by atoms with Crippen LogP contribution in [0.4, 0.5) is 5.82 Å². The largest absolute Gasteiger partial charge is 0.467 e. The van der Waals surface area contributed by atoms with Crippen molar-refractivity contribution < 1.29 is 18.7 Å². The summed E-state index contributed by atoms with van der Waals surface area (Å²) in [7, 11) is 0. The number of furan rings is 1. The van der Waals surface area contributed by atoms with E-state index in [1.165, 1.54) is 0 Å². The zero-order valence-electron chi connectivity index (χ0n) is 14.2. The minimum Gasteiger partial charge on any atom is -0.467 e. The van der Waals surface area contributed by atoms with Crippen molar-refractivity contribution in [2.45, 2.75) is 25.6 Å². The smallest absolute Gasteiger partial charge is 0.246 e. The van der Waals surface area contributed by atoms with E-state index < -0.39 is 0 Å². The van der Waals surface area contributed by atoms with Crippen LogP contribution in [0.15, 0.2) is 41.2 Å². The molecule has 0 aliphatic carbocycles. The number of aryl methyl sites for hydroxylation is 1. The average Bonchev–Trinajstić information content (AvgIpc) is 3.12. The van der Waals surface area contributed by atoms with Gasteiger partial charge < -0.3 is 19.4 Å². The lowest BCUT2D eigenvalue weighted by Gasteiger charge is -2.38. The highest BCUT2D eigenvalue weighted by atomic mass is 16.5. The Hall–Kier alpha value is -2.93. The van der Waals surface area contributed by atoms with E-state index in [2.05, 4.69) is 10.3 Å². The lowest BCUT2D eigenvalue weighted by molar-refractivity contribution is -0.140. The molecule has 26 heavy (non-hydrogen) atoms. The van der Waals surface area contributed by atoms with Crippen LogP contribution in [0.25, 0.3) is 6.08 Å². The summed E-state index contributed by atoms with van der Waals surface area (Å²) in [6.07, 6.45) is 7.75. The van der Waals surface area contributed by atoms with Crippen molar-refractivity contribution in [1.82, 2.24) is 9.88 Å². The van der Waals surface area contributed by atoms with Gasteiger partial charge in [-0.1, -0.05) is 0 Å². The van der Waals surface area contributed by atoms with Gasteiger partial charge in [0.05, 0.1) is 12.4 Å². The van der Waals surface area contributed by atoms with Gasteiger partial charge in [-0.15, -0.1) is 0 Å². The van der Waals surface area contributed by atoms with Crippen molar-refractivity contribution in [3.05, 3.63) is 53.6 Å². The van der Waals surface area contributed by atoms with Crippen molar-refractivity contribution >= 4 is 23.7 Å². The summed E-state index contributed by atoms with van der Waals surface area (Å²) in [5.74, 6) is 1.34. The van der Waals surface area contributed by atoms with Crippen molar-refractivity contribution in [2.75, 3.05) is 18.4 Å². The molecule has 2 amide bonds. The molecule has 0 atom stereocenters. The fraction of sp³-hybridized carbons (Fsp3) is 0.316. The Balaban J connectivity index is 1.27. The third-order valence-corrected chi connectivity index (χ3v) is 4.49. The predicted octanol–water partition coefficient (Wildman–Crippen LogP) is 2.00. The third kappa shape index (κ3) is 3.67. The van der Waals surface area contributed by atoms with E-state index in [9.17, 15) is 9.59 Å². The molecule has 7 nitrogen and oxygen atoms in total. The first-order valence-corrected chi connectivity index (χ1v) is 8.57. The number of likely N-dealkylation sites (tertiary alicyclic amines) is 1. The Labute approximate surface area is 150 Å². The summed E-state index contributed by atoms with van der Waals surface area (Å²) in [5, 5.41) is 2.75. The van der Waals surface area contributed by atoms with Gasteiger partial charge in [0.15, 0.2) is 0 Å². The summed E-state index contributed by atoms with van der Waals surface area (Å²) in [5.41, 5.74) is 1.84. The van der Waals surface area contributed by atoms with E-state index in [4.69, 9.17) is 9.15 Å². The molecule has 1 saturated heterocycles. The highest BCUT2D eigenvalue weighted by molar-refractivity contribution is 5.94. The fourth-order valence-electron chi connectivity index (χ4n) is 2.96. The maximum absolute atomic E-state index is 12.2. The molecule has 2 aliphatic rings. The molecule has 0 radical (unpaired) electrons. The van der Waals surface area contributed by atoms with Gasteiger partial charge in [-0.2, -0.15) is 0 Å². The van der Waals surface area contributed by atoms with Crippen molar-refractivity contribution in [2.24, 2.45) is 0 Å². The molecular weight excluding hydrogens is 334 g/mol. The van der Waals surface area contributed by atoms with E-state index in [0.29, 0.717) is 38.4 Å². The summed E-state index contributed by atoms with van der Waals surface area (Å²) >= 11 is 0. The van der Waals surface area contributed by atoms with E-state index in [1.807, 2.05) is 18.2 Å². The maximum Gasteiger partial charge on any atom is 0.246 e. The average molecular weight is 353 g/mol. The number of nitrogens with one attached hydrogen (secondary N) is 1. The van der Waals surface area contributed by atoms with Crippen LogP contribution in [0.2, 0.25) is 0 Å². The van der Waals surface area contributed by atoms with Gasteiger partial charge in [0.2, 0.25) is 11.8 Å². The highest BCUT2D eigenvalue weighted by Crippen LogP contribution is 2.21. The Kier molecular flexibility index (Phi) is 4.53. The van der Waals surface area contributed by atoms with E-state index in [-0.39, 0.29) is 17.9 Å². The molecule has 0 unspecified atom stereocenters. The monoisotopic (exact) mass is 353 g/mol. The number of hydrogen-bond donors (Lipinski definition) is 1. The number of aromatic nitrogens is 1. The quantitative estimate of drug-likeness (QED) is 0.831. The van der Waals surface area contributed by atoms with Crippen LogP contribution < -0.4 is 5.32 Å². The van der Waals surface area contributed by atoms with Crippen LogP contribution in [0.1, 0.15) is 23.3 Å². The second kappa shape index (κ2) is 7.13. The topological polar surface area (TPSA) is 84.7 Å². The molecule has 0 aromatic carbocycles. The van der Waals surface area contributed by atoms with Crippen LogP contribution in [-0.2, 0) is 27.4 Å². The number of fused-ring (bicyclic) bond motifs is 1. The first-order valence-electron chi connectivity index (χ1n) is 8.57. The van der Waals surface area contributed by atoms with E-state index in [1.54, 1.807) is 29.5 Å². The fourth-order valence-corrected chi connectivity index (χ4v) is 2.96. The Morgan fingerprint density at radius 1 is 1.42 bits per heavy atom. The number of ether oxygens (including phenoxy) is 1. The maximum atomic E-state index is 12.2. The van der Waals surface area contributed by atoms with Gasteiger partial charge in [0, 0.05) is 31.8 Å². The number of amides is 2.